The smallest absolute Gasteiger partial charge is 0.254 e. The summed E-state index contributed by atoms with van der Waals surface area (Å²) in [6.07, 6.45) is 4.52. The normalized spacial score (nSPS) is 26.9. The number of nitrogens with zero attached hydrogens (tertiary/aromatic N) is 3. The van der Waals surface area contributed by atoms with Crippen LogP contribution in [-0.2, 0) is 0 Å². The molecule has 1 amide bonds. The minimum Gasteiger partial charge on any atom is -0.497 e. The maximum Gasteiger partial charge on any atom is 0.254 e. The van der Waals surface area contributed by atoms with Crippen molar-refractivity contribution in [3.05, 3.63) is 54.4 Å². The van der Waals surface area contributed by atoms with E-state index in [1.807, 2.05) is 41.3 Å². The number of likely N-dealkylation sites (tertiary alicyclic amines) is 1. The summed E-state index contributed by atoms with van der Waals surface area (Å²) in [7, 11) is 3.79. The highest BCUT2D eigenvalue weighted by Gasteiger charge is 2.49. The largest absolute Gasteiger partial charge is 0.497 e. The molecule has 6 heteroatoms. The minimum atomic E-state index is 0.0725. The van der Waals surface area contributed by atoms with Crippen LogP contribution in [0.2, 0.25) is 0 Å². The average molecular weight is 381 g/mol. The van der Waals surface area contributed by atoms with E-state index < -0.39 is 0 Å². The first kappa shape index (κ1) is 18.7. The molecule has 28 heavy (non-hydrogen) atoms. The number of carbonyl (C=O) groups excluding carboxylic acids is 1. The molecule has 6 nitrogen and oxygen atoms in total. The Hall–Kier alpha value is -2.60. The van der Waals surface area contributed by atoms with Crippen molar-refractivity contribution in [3.8, 4) is 11.5 Å². The van der Waals surface area contributed by atoms with Crippen molar-refractivity contribution in [3.63, 3.8) is 0 Å². The molecule has 0 aliphatic carbocycles. The number of rotatable bonds is 5. The number of hydrogen-bond donors (Lipinski definition) is 0. The summed E-state index contributed by atoms with van der Waals surface area (Å²) in [6, 6.07) is 12.0. The van der Waals surface area contributed by atoms with E-state index in [-0.39, 0.29) is 18.0 Å². The number of fused-ring (bicyclic) bond motifs is 2. The molecule has 4 rings (SSSR count). The summed E-state index contributed by atoms with van der Waals surface area (Å²) in [5.74, 6) is 1.96. The second kappa shape index (κ2) is 7.80. The topological polar surface area (TPSA) is 54.9 Å². The third-order valence-corrected chi connectivity index (χ3v) is 6.17. The summed E-state index contributed by atoms with van der Waals surface area (Å²) in [5, 5.41) is 0. The van der Waals surface area contributed by atoms with E-state index in [4.69, 9.17) is 9.47 Å². The van der Waals surface area contributed by atoms with Gasteiger partial charge in [0.15, 0.2) is 0 Å². The zero-order chi connectivity index (χ0) is 19.7. The Kier molecular flexibility index (Phi) is 5.22. The van der Waals surface area contributed by atoms with Crippen molar-refractivity contribution < 1.29 is 14.3 Å². The predicted octanol–water partition coefficient (Wildman–Crippen LogP) is 2.70. The van der Waals surface area contributed by atoms with E-state index in [1.54, 1.807) is 19.5 Å². The summed E-state index contributed by atoms with van der Waals surface area (Å²) < 4.78 is 11.3. The molecule has 0 saturated carbocycles. The molecule has 2 aliphatic rings. The van der Waals surface area contributed by atoms with E-state index in [0.717, 1.165) is 18.7 Å². The highest BCUT2D eigenvalue weighted by Crippen LogP contribution is 2.38. The third kappa shape index (κ3) is 3.44. The predicted molar refractivity (Wildman–Crippen MR) is 107 cm³/mol. The first-order valence-electron chi connectivity index (χ1n) is 9.78. The van der Waals surface area contributed by atoms with Gasteiger partial charge < -0.3 is 14.4 Å². The number of amides is 1. The molecule has 0 spiro atoms. The van der Waals surface area contributed by atoms with Gasteiger partial charge in [0.05, 0.1) is 19.9 Å². The molecule has 2 bridgehead atoms. The van der Waals surface area contributed by atoms with Gasteiger partial charge in [-0.05, 0) is 50.7 Å². The number of likely N-dealkylation sites (N-methyl/N-ethyl adjacent to an activating group) is 1. The van der Waals surface area contributed by atoms with Gasteiger partial charge in [0.2, 0.25) is 0 Å². The van der Waals surface area contributed by atoms with Crippen LogP contribution in [0, 0.1) is 5.92 Å². The average Bonchev–Trinajstić information content (AvgIpc) is 2.96. The lowest BCUT2D eigenvalue weighted by atomic mass is 9.95. The molecule has 2 aliphatic heterocycles. The molecule has 148 valence electrons. The van der Waals surface area contributed by atoms with Crippen LogP contribution in [0.1, 0.15) is 23.7 Å². The van der Waals surface area contributed by atoms with E-state index in [1.165, 1.54) is 0 Å². The summed E-state index contributed by atoms with van der Waals surface area (Å²) >= 11 is 0. The maximum absolute atomic E-state index is 13.2. The molecule has 4 atom stereocenters. The van der Waals surface area contributed by atoms with Crippen LogP contribution in [0.25, 0.3) is 0 Å². The van der Waals surface area contributed by atoms with Gasteiger partial charge in [0, 0.05) is 42.3 Å². The standard InChI is InChI=1S/C22H27N3O3/c1-15-21-17(14-28-20-8-5-9-23-12-20)10-18(24(21)2)13-25(15)22(26)16-6-4-7-19(11-16)27-3/h4-9,11-12,15,17-18,21H,10,13-14H2,1-3H3/t15?,17-,18-,21-/m1/s1. The number of methoxy groups -OCH3 is 1. The maximum atomic E-state index is 13.2. The van der Waals surface area contributed by atoms with Crippen LogP contribution < -0.4 is 9.47 Å². The van der Waals surface area contributed by atoms with Gasteiger partial charge >= 0.3 is 0 Å². The van der Waals surface area contributed by atoms with Crippen molar-refractivity contribution in [1.82, 2.24) is 14.8 Å². The molecule has 2 saturated heterocycles. The number of pyridine rings is 1. The summed E-state index contributed by atoms with van der Waals surface area (Å²) in [6.45, 7) is 3.54. The van der Waals surface area contributed by atoms with Gasteiger partial charge in [-0.3, -0.25) is 14.7 Å². The van der Waals surface area contributed by atoms with Gasteiger partial charge in [-0.15, -0.1) is 0 Å². The summed E-state index contributed by atoms with van der Waals surface area (Å²) in [5.41, 5.74) is 0.679. The van der Waals surface area contributed by atoms with Crippen molar-refractivity contribution in [1.29, 1.82) is 0 Å². The zero-order valence-corrected chi connectivity index (χ0v) is 16.6. The number of benzene rings is 1. The van der Waals surface area contributed by atoms with Crippen LogP contribution in [-0.4, -0.2) is 66.1 Å². The molecular weight excluding hydrogens is 354 g/mol. The first-order chi connectivity index (χ1) is 13.6. The fourth-order valence-corrected chi connectivity index (χ4v) is 4.74. The lowest BCUT2D eigenvalue weighted by Crippen LogP contribution is -2.60. The van der Waals surface area contributed by atoms with Gasteiger partial charge in [-0.25, -0.2) is 0 Å². The van der Waals surface area contributed by atoms with Gasteiger partial charge in [0.25, 0.3) is 5.91 Å². The highest BCUT2D eigenvalue weighted by molar-refractivity contribution is 5.95. The minimum absolute atomic E-state index is 0.0725. The molecule has 2 fully saturated rings. The molecule has 0 N–H and O–H groups in total. The number of carbonyl (C=O) groups is 1. The Morgan fingerprint density at radius 2 is 2.07 bits per heavy atom. The molecular formula is C22H27N3O3. The molecule has 1 unspecified atom stereocenters. The third-order valence-electron chi connectivity index (χ3n) is 6.17. The highest BCUT2D eigenvalue weighted by atomic mass is 16.5. The molecule has 2 aromatic rings. The summed E-state index contributed by atoms with van der Waals surface area (Å²) in [4.78, 5) is 21.8. The zero-order valence-electron chi connectivity index (χ0n) is 16.6. The lowest BCUT2D eigenvalue weighted by molar-refractivity contribution is 0.0223. The van der Waals surface area contributed by atoms with E-state index >= 15 is 0 Å². The molecule has 3 heterocycles. The fourth-order valence-electron chi connectivity index (χ4n) is 4.74. The molecule has 0 radical (unpaired) electrons. The van der Waals surface area contributed by atoms with Gasteiger partial charge in [-0.1, -0.05) is 6.07 Å². The Morgan fingerprint density at radius 3 is 2.82 bits per heavy atom. The van der Waals surface area contributed by atoms with E-state index in [2.05, 4.69) is 23.9 Å². The second-order valence-corrected chi connectivity index (χ2v) is 7.74. The second-order valence-electron chi connectivity index (χ2n) is 7.74. The number of aromatic nitrogens is 1. The van der Waals surface area contributed by atoms with E-state index in [0.29, 0.717) is 29.9 Å². The monoisotopic (exact) mass is 381 g/mol. The van der Waals surface area contributed by atoms with Crippen LogP contribution >= 0.6 is 0 Å². The Morgan fingerprint density at radius 1 is 1.25 bits per heavy atom. The van der Waals surface area contributed by atoms with Crippen LogP contribution in [0.4, 0.5) is 0 Å². The Bertz CT molecular complexity index is 829. The van der Waals surface area contributed by atoms with Crippen LogP contribution in [0.5, 0.6) is 11.5 Å². The molecule has 1 aromatic heterocycles. The Balaban J connectivity index is 1.49. The number of piperazine rings is 1. The van der Waals surface area contributed by atoms with Gasteiger partial charge in [-0.2, -0.15) is 0 Å². The van der Waals surface area contributed by atoms with Crippen molar-refractivity contribution in [2.24, 2.45) is 5.92 Å². The first-order valence-corrected chi connectivity index (χ1v) is 9.78. The fraction of sp³-hybridized carbons (Fsp3) is 0.455. The molecule has 1 aromatic carbocycles. The van der Waals surface area contributed by atoms with Crippen molar-refractivity contribution >= 4 is 5.91 Å². The van der Waals surface area contributed by atoms with Crippen LogP contribution in [0.15, 0.2) is 48.8 Å². The van der Waals surface area contributed by atoms with Crippen molar-refractivity contribution in [2.45, 2.75) is 31.5 Å². The van der Waals surface area contributed by atoms with Crippen LogP contribution in [0.3, 0.4) is 0 Å². The Labute approximate surface area is 166 Å². The number of ether oxygens (including phenoxy) is 2. The van der Waals surface area contributed by atoms with Gasteiger partial charge in [0.1, 0.15) is 11.5 Å². The SMILES string of the molecule is COc1cccc(C(=O)N2C[C@H]3C[C@H](COc4cccnc4)[C@@H](C2C)N3C)c1. The quantitative estimate of drug-likeness (QED) is 0.797. The van der Waals surface area contributed by atoms with Crippen molar-refractivity contribution in [2.75, 3.05) is 27.3 Å². The number of hydrogen-bond acceptors (Lipinski definition) is 5. The van der Waals surface area contributed by atoms with E-state index in [9.17, 15) is 4.79 Å². The lowest BCUT2D eigenvalue weighted by Gasteiger charge is -2.45.